The van der Waals surface area contributed by atoms with Gasteiger partial charge in [0.2, 0.25) is 0 Å². The van der Waals surface area contributed by atoms with Gasteiger partial charge >= 0.3 is 0 Å². The number of nitrogens with zero attached hydrogens (tertiary/aromatic N) is 1. The van der Waals surface area contributed by atoms with Crippen molar-refractivity contribution in [1.82, 2.24) is 4.90 Å². The standard InChI is InChI=1S/C15H31NSi/c1-4-12-17(13-5-2,14-6-3)15-11-16-9-7-8-10-16/h4H,1,5-15H2,2-3H3. The van der Waals surface area contributed by atoms with E-state index in [9.17, 15) is 0 Å². The lowest BCUT2D eigenvalue weighted by atomic mass is 10.4. The van der Waals surface area contributed by atoms with Gasteiger partial charge in [0.15, 0.2) is 0 Å². The summed E-state index contributed by atoms with van der Waals surface area (Å²) >= 11 is 0. The van der Waals surface area contributed by atoms with Crippen LogP contribution in [0.15, 0.2) is 12.7 Å². The second-order valence-corrected chi connectivity index (χ2v) is 10.7. The number of allylic oxidation sites excluding steroid dienone is 1. The normalized spacial score (nSPS) is 17.5. The van der Waals surface area contributed by atoms with Crippen molar-refractivity contribution >= 4 is 8.07 Å². The Labute approximate surface area is 109 Å². The number of rotatable bonds is 9. The molecule has 0 aromatic rings. The minimum atomic E-state index is -1.02. The van der Waals surface area contributed by atoms with E-state index in [1.165, 1.54) is 69.5 Å². The molecule has 0 aromatic heterocycles. The van der Waals surface area contributed by atoms with Crippen molar-refractivity contribution in [2.24, 2.45) is 0 Å². The van der Waals surface area contributed by atoms with Crippen molar-refractivity contribution in [3.05, 3.63) is 12.7 Å². The van der Waals surface area contributed by atoms with Gasteiger partial charge in [-0.3, -0.25) is 0 Å². The third-order valence-corrected chi connectivity index (χ3v) is 9.86. The minimum Gasteiger partial charge on any atom is -0.304 e. The van der Waals surface area contributed by atoms with Crippen LogP contribution in [0, 0.1) is 0 Å². The molecule has 0 spiro atoms. The van der Waals surface area contributed by atoms with Crippen LogP contribution in [0.5, 0.6) is 0 Å². The quantitative estimate of drug-likeness (QED) is 0.431. The lowest BCUT2D eigenvalue weighted by Gasteiger charge is -2.32. The van der Waals surface area contributed by atoms with Crippen LogP contribution in [-0.2, 0) is 0 Å². The van der Waals surface area contributed by atoms with Gasteiger partial charge in [-0.1, -0.05) is 44.9 Å². The van der Waals surface area contributed by atoms with E-state index in [0.29, 0.717) is 0 Å². The first kappa shape index (κ1) is 15.0. The average Bonchev–Trinajstić information content (AvgIpc) is 2.80. The van der Waals surface area contributed by atoms with Gasteiger partial charge in [-0.2, -0.15) is 0 Å². The summed E-state index contributed by atoms with van der Waals surface area (Å²) in [7, 11) is -1.02. The van der Waals surface area contributed by atoms with Crippen LogP contribution in [0.25, 0.3) is 0 Å². The zero-order chi connectivity index (χ0) is 12.6. The molecule has 0 aromatic carbocycles. The van der Waals surface area contributed by atoms with Crippen LogP contribution in [0.1, 0.15) is 39.5 Å². The van der Waals surface area contributed by atoms with Crippen LogP contribution >= 0.6 is 0 Å². The fourth-order valence-electron chi connectivity index (χ4n) is 3.45. The van der Waals surface area contributed by atoms with E-state index in [2.05, 4.69) is 31.4 Å². The molecule has 1 rings (SSSR count). The molecule has 0 radical (unpaired) electrons. The van der Waals surface area contributed by atoms with Crippen LogP contribution in [-0.4, -0.2) is 32.6 Å². The molecule has 0 bridgehead atoms. The monoisotopic (exact) mass is 253 g/mol. The van der Waals surface area contributed by atoms with Crippen molar-refractivity contribution < 1.29 is 0 Å². The largest absolute Gasteiger partial charge is 0.304 e. The van der Waals surface area contributed by atoms with Gasteiger partial charge in [0.1, 0.15) is 0 Å². The van der Waals surface area contributed by atoms with E-state index in [1.54, 1.807) is 0 Å². The SMILES string of the molecule is C=CC[Si](CCC)(CCC)CCN1CCCC1. The molecule has 1 aliphatic heterocycles. The molecule has 1 saturated heterocycles. The molecule has 1 aliphatic rings. The maximum Gasteiger partial charge on any atom is 0.0585 e. The van der Waals surface area contributed by atoms with Gasteiger partial charge in [-0.15, -0.1) is 6.58 Å². The zero-order valence-electron chi connectivity index (χ0n) is 12.0. The van der Waals surface area contributed by atoms with Gasteiger partial charge in [0.05, 0.1) is 8.07 Å². The highest BCUT2D eigenvalue weighted by Crippen LogP contribution is 2.30. The highest BCUT2D eigenvalue weighted by atomic mass is 28.3. The summed E-state index contributed by atoms with van der Waals surface area (Å²) in [6, 6.07) is 5.89. The van der Waals surface area contributed by atoms with Gasteiger partial charge in [0, 0.05) is 0 Å². The summed E-state index contributed by atoms with van der Waals surface area (Å²) in [5, 5.41) is 0. The van der Waals surface area contributed by atoms with Crippen molar-refractivity contribution in [3.63, 3.8) is 0 Å². The van der Waals surface area contributed by atoms with E-state index in [0.717, 1.165) is 0 Å². The molecule has 0 unspecified atom stereocenters. The second kappa shape index (κ2) is 8.10. The third kappa shape index (κ3) is 4.97. The maximum atomic E-state index is 4.01. The fourth-order valence-corrected chi connectivity index (χ4v) is 8.34. The Morgan fingerprint density at radius 2 is 1.65 bits per heavy atom. The van der Waals surface area contributed by atoms with E-state index < -0.39 is 8.07 Å². The van der Waals surface area contributed by atoms with E-state index in [1.807, 2.05) is 0 Å². The van der Waals surface area contributed by atoms with Crippen LogP contribution in [0.2, 0.25) is 24.2 Å². The summed E-state index contributed by atoms with van der Waals surface area (Å²) in [6.45, 7) is 12.8. The van der Waals surface area contributed by atoms with Gasteiger partial charge in [-0.05, 0) is 44.6 Å². The lowest BCUT2D eigenvalue weighted by molar-refractivity contribution is 0.356. The smallest absolute Gasteiger partial charge is 0.0585 e. The van der Waals surface area contributed by atoms with E-state index in [-0.39, 0.29) is 0 Å². The highest BCUT2D eigenvalue weighted by molar-refractivity contribution is 6.80. The van der Waals surface area contributed by atoms with Gasteiger partial charge in [-0.25, -0.2) is 0 Å². The molecular weight excluding hydrogens is 222 g/mol. The molecular formula is C15H31NSi. The molecule has 17 heavy (non-hydrogen) atoms. The van der Waals surface area contributed by atoms with Gasteiger partial charge < -0.3 is 4.90 Å². The maximum absolute atomic E-state index is 4.01. The summed E-state index contributed by atoms with van der Waals surface area (Å²) in [4.78, 5) is 2.69. The third-order valence-electron chi connectivity index (χ3n) is 4.30. The van der Waals surface area contributed by atoms with Gasteiger partial charge in [0.25, 0.3) is 0 Å². The molecule has 0 amide bonds. The summed E-state index contributed by atoms with van der Waals surface area (Å²) in [6.07, 6.45) is 7.82. The Morgan fingerprint density at radius 1 is 1.06 bits per heavy atom. The van der Waals surface area contributed by atoms with Crippen molar-refractivity contribution in [3.8, 4) is 0 Å². The first-order valence-electron chi connectivity index (χ1n) is 7.59. The van der Waals surface area contributed by atoms with Crippen molar-refractivity contribution in [2.45, 2.75) is 63.7 Å². The molecule has 1 fully saturated rings. The molecule has 1 heterocycles. The van der Waals surface area contributed by atoms with Crippen LogP contribution in [0.3, 0.4) is 0 Å². The Kier molecular flexibility index (Phi) is 7.13. The van der Waals surface area contributed by atoms with E-state index in [4.69, 9.17) is 0 Å². The summed E-state index contributed by atoms with van der Waals surface area (Å²) in [5.41, 5.74) is 0. The van der Waals surface area contributed by atoms with Crippen LogP contribution < -0.4 is 0 Å². The first-order valence-corrected chi connectivity index (χ1v) is 10.4. The van der Waals surface area contributed by atoms with Crippen molar-refractivity contribution in [1.29, 1.82) is 0 Å². The fraction of sp³-hybridized carbons (Fsp3) is 0.867. The van der Waals surface area contributed by atoms with Crippen LogP contribution in [0.4, 0.5) is 0 Å². The summed E-state index contributed by atoms with van der Waals surface area (Å²) < 4.78 is 0. The van der Waals surface area contributed by atoms with E-state index >= 15 is 0 Å². The Bertz CT molecular complexity index is 203. The van der Waals surface area contributed by atoms with Crippen molar-refractivity contribution in [2.75, 3.05) is 19.6 Å². The molecule has 0 N–H and O–H groups in total. The topological polar surface area (TPSA) is 3.24 Å². The molecule has 1 nitrogen and oxygen atoms in total. The number of likely N-dealkylation sites (tertiary alicyclic amines) is 1. The molecule has 0 atom stereocenters. The predicted octanol–water partition coefficient (Wildman–Crippen LogP) is 4.54. The highest BCUT2D eigenvalue weighted by Gasteiger charge is 2.30. The average molecular weight is 254 g/mol. The Morgan fingerprint density at radius 3 is 2.12 bits per heavy atom. The first-order chi connectivity index (χ1) is 8.26. The number of hydrogen-bond donors (Lipinski definition) is 0. The summed E-state index contributed by atoms with van der Waals surface area (Å²) in [5.74, 6) is 0. The molecule has 2 heteroatoms. The lowest BCUT2D eigenvalue weighted by Crippen LogP contribution is -2.37. The number of hydrogen-bond acceptors (Lipinski definition) is 1. The molecule has 0 saturated carbocycles. The minimum absolute atomic E-state index is 1.02. The molecule has 100 valence electrons. The Balaban J connectivity index is 2.49. The zero-order valence-corrected chi connectivity index (χ0v) is 13.0. The molecule has 0 aliphatic carbocycles. The second-order valence-electron chi connectivity index (χ2n) is 5.79. The predicted molar refractivity (Wildman–Crippen MR) is 81.4 cm³/mol. The Hall–Kier alpha value is -0.0831.